The fraction of sp³-hybridized carbons (Fsp3) is 0.381. The molecule has 3 rings (SSSR count). The minimum absolute atomic E-state index is 0.262. The van der Waals surface area contributed by atoms with Gasteiger partial charge in [0, 0.05) is 10.7 Å². The second kappa shape index (κ2) is 9.05. The van der Waals surface area contributed by atoms with Crippen molar-refractivity contribution in [3.63, 3.8) is 0 Å². The Balaban J connectivity index is 1.69. The molecule has 1 amide bonds. The van der Waals surface area contributed by atoms with E-state index in [9.17, 15) is 13.2 Å². The molecule has 29 heavy (non-hydrogen) atoms. The summed E-state index contributed by atoms with van der Waals surface area (Å²) < 4.78 is 31.6. The van der Waals surface area contributed by atoms with Crippen molar-refractivity contribution in [3.05, 3.63) is 53.6 Å². The van der Waals surface area contributed by atoms with Gasteiger partial charge in [-0.05, 0) is 81.1 Å². The summed E-state index contributed by atoms with van der Waals surface area (Å²) in [7, 11) is -3.68. The van der Waals surface area contributed by atoms with E-state index in [0.717, 1.165) is 29.2 Å². The van der Waals surface area contributed by atoms with Crippen LogP contribution in [0.15, 0.2) is 48.5 Å². The highest BCUT2D eigenvalue weighted by Crippen LogP contribution is 2.26. The van der Waals surface area contributed by atoms with E-state index in [1.807, 2.05) is 12.1 Å². The van der Waals surface area contributed by atoms with Crippen LogP contribution in [-0.4, -0.2) is 32.7 Å². The number of anilines is 2. The fourth-order valence-electron chi connectivity index (χ4n) is 3.46. The first-order valence-corrected chi connectivity index (χ1v) is 11.8. The van der Waals surface area contributed by atoms with Gasteiger partial charge in [0.2, 0.25) is 15.9 Å². The molecule has 6 nitrogen and oxygen atoms in total. The number of carbonyl (C=O) groups is 1. The van der Waals surface area contributed by atoms with Crippen molar-refractivity contribution in [1.29, 1.82) is 0 Å². The number of rotatable bonds is 7. The van der Waals surface area contributed by atoms with Crippen molar-refractivity contribution in [1.82, 2.24) is 0 Å². The fourth-order valence-corrected chi connectivity index (χ4v) is 4.76. The highest BCUT2D eigenvalue weighted by molar-refractivity contribution is 7.92. The molecule has 0 radical (unpaired) electrons. The predicted octanol–water partition coefficient (Wildman–Crippen LogP) is 4.45. The lowest BCUT2D eigenvalue weighted by Gasteiger charge is -2.28. The van der Waals surface area contributed by atoms with E-state index in [4.69, 9.17) is 16.3 Å². The maximum Gasteiger partial charge on any atom is 0.247 e. The van der Waals surface area contributed by atoms with Gasteiger partial charge in [-0.1, -0.05) is 11.6 Å². The standard InChI is InChI=1S/C21H25ClN2O4S/c1-15(24(29(2,26)27)18-11-7-16(22)8-12-18)21(25)23-17-9-13-20(14-10-17)28-19-5-3-4-6-19/h7-15,19H,3-6H2,1-2H3,(H,23,25)/t15-/m0/s1. The van der Waals surface area contributed by atoms with Gasteiger partial charge in [-0.15, -0.1) is 0 Å². The van der Waals surface area contributed by atoms with Gasteiger partial charge >= 0.3 is 0 Å². The van der Waals surface area contributed by atoms with E-state index in [0.29, 0.717) is 16.4 Å². The molecule has 2 aromatic rings. The Kier molecular flexibility index (Phi) is 6.70. The summed E-state index contributed by atoms with van der Waals surface area (Å²) in [5, 5.41) is 3.25. The van der Waals surface area contributed by atoms with Crippen molar-refractivity contribution < 1.29 is 17.9 Å². The quantitative estimate of drug-likeness (QED) is 0.695. The van der Waals surface area contributed by atoms with Crippen molar-refractivity contribution >= 4 is 38.9 Å². The first-order valence-electron chi connectivity index (χ1n) is 9.56. The van der Waals surface area contributed by atoms with Crippen molar-refractivity contribution in [2.45, 2.75) is 44.8 Å². The molecule has 0 saturated heterocycles. The lowest BCUT2D eigenvalue weighted by Crippen LogP contribution is -2.45. The highest BCUT2D eigenvalue weighted by atomic mass is 35.5. The summed E-state index contributed by atoms with van der Waals surface area (Å²) in [6.45, 7) is 1.54. The molecule has 1 aliphatic rings. The van der Waals surface area contributed by atoms with Crippen molar-refractivity contribution in [3.8, 4) is 5.75 Å². The molecule has 1 fully saturated rings. The second-order valence-corrected chi connectivity index (χ2v) is 9.55. The Labute approximate surface area is 176 Å². The van der Waals surface area contributed by atoms with Crippen LogP contribution in [0.4, 0.5) is 11.4 Å². The molecule has 0 unspecified atom stereocenters. The molecule has 0 spiro atoms. The summed E-state index contributed by atoms with van der Waals surface area (Å²) in [5.74, 6) is 0.330. The smallest absolute Gasteiger partial charge is 0.247 e. The van der Waals surface area contributed by atoms with E-state index < -0.39 is 22.0 Å². The topological polar surface area (TPSA) is 75.7 Å². The van der Waals surface area contributed by atoms with Crippen LogP contribution in [0.25, 0.3) is 0 Å². The number of nitrogens with zero attached hydrogens (tertiary/aromatic N) is 1. The van der Waals surface area contributed by atoms with Gasteiger partial charge in [-0.3, -0.25) is 9.10 Å². The Bertz CT molecular complexity index is 940. The van der Waals surface area contributed by atoms with E-state index >= 15 is 0 Å². The Morgan fingerprint density at radius 1 is 1.10 bits per heavy atom. The van der Waals surface area contributed by atoms with E-state index in [1.54, 1.807) is 43.3 Å². The van der Waals surface area contributed by atoms with Crippen LogP contribution >= 0.6 is 11.6 Å². The number of carbonyl (C=O) groups excluding carboxylic acids is 1. The second-order valence-electron chi connectivity index (χ2n) is 7.25. The zero-order valence-electron chi connectivity index (χ0n) is 16.5. The van der Waals surface area contributed by atoms with Gasteiger partial charge in [0.05, 0.1) is 18.0 Å². The molecule has 0 heterocycles. The minimum Gasteiger partial charge on any atom is -0.490 e. The number of benzene rings is 2. The van der Waals surface area contributed by atoms with Crippen LogP contribution in [0.5, 0.6) is 5.75 Å². The molecule has 8 heteroatoms. The largest absolute Gasteiger partial charge is 0.490 e. The zero-order valence-corrected chi connectivity index (χ0v) is 18.0. The van der Waals surface area contributed by atoms with Crippen molar-refractivity contribution in [2.75, 3.05) is 15.9 Å². The SMILES string of the molecule is C[C@@H](C(=O)Nc1ccc(OC2CCCC2)cc1)N(c1ccc(Cl)cc1)S(C)(=O)=O. The van der Waals surface area contributed by atoms with Gasteiger partial charge in [-0.2, -0.15) is 0 Å². The van der Waals surface area contributed by atoms with Gasteiger partial charge in [0.1, 0.15) is 11.8 Å². The molecular formula is C21H25ClN2O4S. The van der Waals surface area contributed by atoms with Crippen LogP contribution in [0, 0.1) is 0 Å². The van der Waals surface area contributed by atoms with Crippen LogP contribution in [0.2, 0.25) is 5.02 Å². The van der Waals surface area contributed by atoms with Gasteiger partial charge in [0.25, 0.3) is 0 Å². The van der Waals surface area contributed by atoms with E-state index in [-0.39, 0.29) is 6.10 Å². The maximum absolute atomic E-state index is 12.7. The third kappa shape index (κ3) is 5.64. The number of amides is 1. The monoisotopic (exact) mass is 436 g/mol. The average molecular weight is 437 g/mol. The summed E-state index contributed by atoms with van der Waals surface area (Å²) in [4.78, 5) is 12.7. The lowest BCUT2D eigenvalue weighted by atomic mass is 10.2. The number of ether oxygens (including phenoxy) is 1. The minimum atomic E-state index is -3.68. The van der Waals surface area contributed by atoms with Gasteiger partial charge in [-0.25, -0.2) is 8.42 Å². The molecule has 0 bridgehead atoms. The van der Waals surface area contributed by atoms with Gasteiger partial charge < -0.3 is 10.1 Å². The Morgan fingerprint density at radius 3 is 2.24 bits per heavy atom. The molecule has 156 valence electrons. The van der Waals surface area contributed by atoms with Crippen LogP contribution in [0.1, 0.15) is 32.6 Å². The molecule has 2 aromatic carbocycles. The van der Waals surface area contributed by atoms with Crippen molar-refractivity contribution in [2.24, 2.45) is 0 Å². The van der Waals surface area contributed by atoms with Crippen LogP contribution < -0.4 is 14.4 Å². The zero-order chi connectivity index (χ0) is 21.0. The summed E-state index contributed by atoms with van der Waals surface area (Å²) in [6, 6.07) is 12.5. The third-order valence-electron chi connectivity index (χ3n) is 4.90. The molecule has 1 atom stereocenters. The molecule has 1 N–H and O–H groups in total. The first-order chi connectivity index (χ1) is 13.7. The lowest BCUT2D eigenvalue weighted by molar-refractivity contribution is -0.116. The summed E-state index contributed by atoms with van der Waals surface area (Å²) >= 11 is 5.89. The summed E-state index contributed by atoms with van der Waals surface area (Å²) in [6.07, 6.45) is 5.87. The summed E-state index contributed by atoms with van der Waals surface area (Å²) in [5.41, 5.74) is 0.949. The van der Waals surface area contributed by atoms with E-state index in [2.05, 4.69) is 5.32 Å². The Hall–Kier alpha value is -2.25. The van der Waals surface area contributed by atoms with Crippen LogP contribution in [-0.2, 0) is 14.8 Å². The molecule has 0 aliphatic heterocycles. The predicted molar refractivity (Wildman–Crippen MR) is 116 cm³/mol. The third-order valence-corrected chi connectivity index (χ3v) is 6.39. The first kappa shape index (κ1) is 21.5. The Morgan fingerprint density at radius 2 is 1.69 bits per heavy atom. The molecule has 1 saturated carbocycles. The molecule has 0 aromatic heterocycles. The number of sulfonamides is 1. The number of hydrogen-bond donors (Lipinski definition) is 1. The van der Waals surface area contributed by atoms with Gasteiger partial charge in [0.15, 0.2) is 0 Å². The maximum atomic E-state index is 12.7. The molecule has 1 aliphatic carbocycles. The van der Waals surface area contributed by atoms with E-state index in [1.165, 1.54) is 12.8 Å². The van der Waals surface area contributed by atoms with Crippen LogP contribution in [0.3, 0.4) is 0 Å². The normalized spacial score (nSPS) is 15.7. The number of nitrogens with one attached hydrogen (secondary N) is 1. The average Bonchev–Trinajstić information content (AvgIpc) is 3.17. The highest BCUT2D eigenvalue weighted by Gasteiger charge is 2.29. The number of hydrogen-bond acceptors (Lipinski definition) is 4. The number of halogens is 1. The molecular weight excluding hydrogens is 412 g/mol.